The van der Waals surface area contributed by atoms with Crippen molar-refractivity contribution < 1.29 is 91.1 Å². The smallest absolute Gasteiger partial charge is 0.343 e. The summed E-state index contributed by atoms with van der Waals surface area (Å²) in [6.45, 7) is 5.26. The summed E-state index contributed by atoms with van der Waals surface area (Å²) in [5.41, 5.74) is 2.53. The Morgan fingerprint density at radius 1 is 0.888 bits per heavy atom. The van der Waals surface area contributed by atoms with E-state index >= 15 is 8.78 Å². The van der Waals surface area contributed by atoms with Gasteiger partial charge in [-0.2, -0.15) is 0 Å². The predicted octanol–water partition coefficient (Wildman–Crippen LogP) is -2.73. The summed E-state index contributed by atoms with van der Waals surface area (Å²) in [7, 11) is 0. The number of carbonyl (C=O) groups excluding carboxylic acids is 11. The highest BCUT2D eigenvalue weighted by molar-refractivity contribution is 6.14. The molecule has 3 aromatic rings. The number of aromatic nitrogens is 2. The van der Waals surface area contributed by atoms with Gasteiger partial charge in [0.2, 0.25) is 47.0 Å². The van der Waals surface area contributed by atoms with E-state index in [1.165, 1.54) is 23.6 Å². The molecule has 0 spiro atoms. The third-order valence-corrected chi connectivity index (χ3v) is 16.4. The summed E-state index contributed by atoms with van der Waals surface area (Å²) in [5.74, 6) is -10.4. The zero-order chi connectivity index (χ0) is 65.1. The molecule has 89 heavy (non-hydrogen) atoms. The minimum Gasteiger partial charge on any atom is -0.458 e. The van der Waals surface area contributed by atoms with E-state index in [2.05, 4.69) is 37.2 Å². The number of halogens is 2. The van der Waals surface area contributed by atoms with Crippen LogP contribution in [0.3, 0.4) is 0 Å². The zero-order valence-electron chi connectivity index (χ0n) is 49.5. The number of aryl methyl sites for hydroxylation is 1. The fourth-order valence-electron chi connectivity index (χ4n) is 11.3. The molecule has 2 aromatic heterocycles. The summed E-state index contributed by atoms with van der Waals surface area (Å²) in [6, 6.07) is -2.38. The average Bonchev–Trinajstić information content (AvgIpc) is 1.65. The third-order valence-electron chi connectivity index (χ3n) is 16.4. The van der Waals surface area contributed by atoms with Gasteiger partial charge in [-0.25, -0.2) is 18.6 Å². The molecule has 1 aliphatic carbocycles. The molecule has 1 fully saturated rings. The molecule has 1 saturated heterocycles. The van der Waals surface area contributed by atoms with Crippen LogP contribution in [-0.2, 0) is 92.1 Å². The van der Waals surface area contributed by atoms with E-state index < -0.39 is 188 Å². The fourth-order valence-corrected chi connectivity index (χ4v) is 11.3. The second-order valence-electron chi connectivity index (χ2n) is 23.1. The molecular weight excluding hydrogens is 1180 g/mol. The molecule has 31 heteroatoms. The minimum atomic E-state index is -2.73. The van der Waals surface area contributed by atoms with Crippen LogP contribution >= 0.6 is 0 Å². The standard InChI is InChI=1S/C58H71F2N11O18/c1-7-58(86)31-16-36-48-29(20-70(36)54(83)30(31)22-88-56(58)85)46-33(9-8-28-26(4)32(59)17-35(67-48)45(28)46)68-55(84)57(6,60)23-87-24-64-51(80)27(5)65-53(82)47(25(2)3)69-52(81)34(66-41(74)14-15-62-42(75)21-71-43(76)12-13-44(71)77)10-11-40(73)63-19-38-50(79)49(78)37(89-38)18-39(61)72/h12-13,16-17,25,27,33-34,37-38,47,49-50,78-79,86H,7-11,14-15,18-24H2,1-6H3,(H2,61,72)(H,62,75)(H,63,73)(H,64,80)(H,65,82)(H,66,74)(H,68,84)(H,69,81)/t27-,33-,34-,37-,38+,47-,49-,50+,57+,58-/m0/s1. The molecule has 480 valence electrons. The first kappa shape index (κ1) is 66.3. The highest BCUT2D eigenvalue weighted by Crippen LogP contribution is 2.46. The van der Waals surface area contributed by atoms with Crippen molar-refractivity contribution in [2.45, 2.75) is 159 Å². The van der Waals surface area contributed by atoms with Gasteiger partial charge in [-0.05, 0) is 75.1 Å². The van der Waals surface area contributed by atoms with Crippen LogP contribution in [0, 0.1) is 18.7 Å². The Balaban J connectivity index is 0.862. The van der Waals surface area contributed by atoms with Gasteiger partial charge in [0.25, 0.3) is 23.3 Å². The van der Waals surface area contributed by atoms with E-state index in [0.29, 0.717) is 32.5 Å². The number of esters is 1. The quantitative estimate of drug-likeness (QED) is 0.0132. The molecule has 0 saturated carbocycles. The van der Waals surface area contributed by atoms with Crippen LogP contribution in [0.25, 0.3) is 22.3 Å². The van der Waals surface area contributed by atoms with Gasteiger partial charge in [0, 0.05) is 60.7 Å². The molecule has 8 rings (SSSR count). The number of imide groups is 1. The van der Waals surface area contributed by atoms with Gasteiger partial charge < -0.3 is 77.0 Å². The number of fused-ring (bicyclic) bond motifs is 5. The number of cyclic esters (lactones) is 1. The Morgan fingerprint density at radius 2 is 1.58 bits per heavy atom. The molecule has 6 heterocycles. The minimum absolute atomic E-state index is 0.0608. The van der Waals surface area contributed by atoms with Crippen LogP contribution in [0.5, 0.6) is 0 Å². The number of ether oxygens (including phenoxy) is 3. The maximum absolute atomic E-state index is 16.4. The number of alkyl halides is 1. The topological polar surface area (TPSA) is 425 Å². The molecule has 10 amide bonds. The highest BCUT2D eigenvalue weighted by Gasteiger charge is 2.47. The predicted molar refractivity (Wildman–Crippen MR) is 303 cm³/mol. The van der Waals surface area contributed by atoms with Gasteiger partial charge in [0.05, 0.1) is 54.2 Å². The Morgan fingerprint density at radius 3 is 2.26 bits per heavy atom. The number of primary amides is 1. The largest absolute Gasteiger partial charge is 0.458 e. The van der Waals surface area contributed by atoms with E-state index in [1.54, 1.807) is 27.7 Å². The van der Waals surface area contributed by atoms with Crippen LogP contribution in [0.15, 0.2) is 29.1 Å². The number of nitrogens with one attached hydrogen (secondary N) is 7. The van der Waals surface area contributed by atoms with Crippen LogP contribution in [0.2, 0.25) is 0 Å². The molecule has 12 N–H and O–H groups in total. The lowest BCUT2D eigenvalue weighted by atomic mass is 9.81. The van der Waals surface area contributed by atoms with E-state index in [0.717, 1.165) is 19.1 Å². The Hall–Kier alpha value is -8.65. The number of nitrogens with zero attached hydrogens (tertiary/aromatic N) is 3. The molecule has 29 nitrogen and oxygen atoms in total. The van der Waals surface area contributed by atoms with Crippen molar-refractivity contribution in [3.8, 4) is 11.4 Å². The fraction of sp³-hybridized carbons (Fsp3) is 0.534. The van der Waals surface area contributed by atoms with Gasteiger partial charge in [-0.1, -0.05) is 20.8 Å². The number of aliphatic hydroxyl groups excluding tert-OH is 2. The number of nitrogens with two attached hydrogens (primary N) is 1. The molecule has 0 radical (unpaired) electrons. The van der Waals surface area contributed by atoms with E-state index in [1.807, 2.05) is 0 Å². The van der Waals surface area contributed by atoms with Gasteiger partial charge in [0.15, 0.2) is 5.60 Å². The summed E-state index contributed by atoms with van der Waals surface area (Å²) >= 11 is 0. The monoisotopic (exact) mass is 1250 g/mol. The number of hydrogen-bond donors (Lipinski definition) is 11. The van der Waals surface area contributed by atoms with Crippen LogP contribution in [-0.4, -0.2) is 176 Å². The Labute approximate surface area is 506 Å². The lowest BCUT2D eigenvalue weighted by Gasteiger charge is -2.31. The highest BCUT2D eigenvalue weighted by atomic mass is 19.1. The van der Waals surface area contributed by atoms with E-state index in [9.17, 15) is 72.9 Å². The van der Waals surface area contributed by atoms with Crippen molar-refractivity contribution in [1.29, 1.82) is 0 Å². The summed E-state index contributed by atoms with van der Waals surface area (Å²) in [5, 5.41) is 50.1. The average molecular weight is 1250 g/mol. The second kappa shape index (κ2) is 27.0. The molecule has 1 aromatic carbocycles. The van der Waals surface area contributed by atoms with Gasteiger partial charge >= 0.3 is 5.97 Å². The van der Waals surface area contributed by atoms with Crippen molar-refractivity contribution in [3.63, 3.8) is 0 Å². The molecule has 0 bridgehead atoms. The number of amides is 10. The van der Waals surface area contributed by atoms with Crippen molar-refractivity contribution >= 4 is 75.9 Å². The zero-order valence-corrected chi connectivity index (χ0v) is 49.5. The van der Waals surface area contributed by atoms with Gasteiger partial charge in [-0.3, -0.25) is 57.6 Å². The second-order valence-corrected chi connectivity index (χ2v) is 23.1. The number of rotatable bonds is 26. The maximum atomic E-state index is 16.4. The molecular formula is C58H71F2N11O18. The van der Waals surface area contributed by atoms with E-state index in [-0.39, 0.29) is 73.5 Å². The van der Waals surface area contributed by atoms with Crippen molar-refractivity contribution in [1.82, 2.24) is 51.7 Å². The SMILES string of the molecule is CC[C@@]1(O)C(=O)OCc2c1cc1n(c2=O)Cc2c-1nc1cc(F)c(C)c3c1c2[C@@H](NC(=O)[C@](C)(F)COCNC(=O)[C@H](C)NC(=O)[C@@H](NC(=O)[C@H](CCC(=O)NC[C@H]1O[C@@H](CC(N)=O)[C@H](O)[C@@H]1O)NC(=O)CCNC(=O)CN1C(=O)C=CC1=O)C(C)C)CC3. The summed E-state index contributed by atoms with van der Waals surface area (Å²) in [6.07, 6.45) is -4.64. The Kier molecular flexibility index (Phi) is 20.1. The van der Waals surface area contributed by atoms with Gasteiger partial charge in [-0.15, -0.1) is 0 Å². The Bertz CT molecular complexity index is 3500. The number of carbonyl (C=O) groups is 11. The lowest BCUT2D eigenvalue weighted by Crippen LogP contribution is -2.58. The van der Waals surface area contributed by atoms with Crippen LogP contribution < -0.4 is 48.5 Å². The summed E-state index contributed by atoms with van der Waals surface area (Å²) < 4.78 is 49.4. The van der Waals surface area contributed by atoms with Crippen molar-refractivity contribution in [2.24, 2.45) is 11.7 Å². The molecule has 10 atom stereocenters. The molecule has 5 aliphatic rings. The normalized spacial score (nSPS) is 22.2. The first-order chi connectivity index (χ1) is 41.9. The number of benzene rings is 1. The lowest BCUT2D eigenvalue weighted by molar-refractivity contribution is -0.172. The molecule has 4 aliphatic heterocycles. The maximum Gasteiger partial charge on any atom is 0.343 e. The first-order valence-corrected chi connectivity index (χ1v) is 28.9. The first-order valence-electron chi connectivity index (χ1n) is 28.9. The van der Waals surface area contributed by atoms with Crippen LogP contribution in [0.4, 0.5) is 8.78 Å². The number of pyridine rings is 2. The van der Waals surface area contributed by atoms with Crippen molar-refractivity contribution in [3.05, 3.63) is 73.8 Å². The van der Waals surface area contributed by atoms with E-state index in [4.69, 9.17) is 24.9 Å². The number of aliphatic hydroxyl groups is 3. The van der Waals surface area contributed by atoms with Crippen LogP contribution in [0.1, 0.15) is 113 Å². The number of hydrogen-bond acceptors (Lipinski definition) is 19. The van der Waals surface area contributed by atoms with Crippen molar-refractivity contribution in [2.75, 3.05) is 33.0 Å². The van der Waals surface area contributed by atoms with Gasteiger partial charge in [0.1, 0.15) is 62.1 Å². The molecule has 0 unspecified atom stereocenters. The third kappa shape index (κ3) is 14.1. The summed E-state index contributed by atoms with van der Waals surface area (Å²) in [4.78, 5) is 161.